The molecule has 0 aliphatic carbocycles. The topological polar surface area (TPSA) is 34.1 Å². The fraction of sp³-hybridized carbons (Fsp3) is 0.278. The van der Waals surface area contributed by atoms with Crippen LogP contribution in [0.3, 0.4) is 0 Å². The molecular formula is C18H21ClN2O2. The molecule has 0 amide bonds. The van der Waals surface area contributed by atoms with Gasteiger partial charge in [-0.05, 0) is 31.0 Å². The zero-order valence-corrected chi connectivity index (χ0v) is 14.1. The number of rotatable bonds is 3. The highest BCUT2D eigenvalue weighted by Crippen LogP contribution is 2.20. The SMILES string of the molecule is CC1(C)CN(OCc2ccccc2)C(Cl)=NO1.c1ccccc1. The summed E-state index contributed by atoms with van der Waals surface area (Å²) in [6.07, 6.45) is 0. The van der Waals surface area contributed by atoms with Crippen LogP contribution < -0.4 is 0 Å². The van der Waals surface area contributed by atoms with Crippen molar-refractivity contribution in [3.05, 3.63) is 72.3 Å². The Hall–Kier alpha value is -2.04. The summed E-state index contributed by atoms with van der Waals surface area (Å²) in [5, 5.41) is 5.54. The molecule has 0 radical (unpaired) electrons. The maximum Gasteiger partial charge on any atom is 0.260 e. The van der Waals surface area contributed by atoms with Crippen molar-refractivity contribution in [2.24, 2.45) is 5.16 Å². The highest BCUT2D eigenvalue weighted by Gasteiger charge is 2.31. The molecule has 23 heavy (non-hydrogen) atoms. The number of hydrogen-bond donors (Lipinski definition) is 0. The van der Waals surface area contributed by atoms with E-state index >= 15 is 0 Å². The second kappa shape index (κ2) is 8.56. The lowest BCUT2D eigenvalue weighted by atomic mass is 10.1. The van der Waals surface area contributed by atoms with Gasteiger partial charge >= 0.3 is 0 Å². The van der Waals surface area contributed by atoms with Gasteiger partial charge in [-0.15, -0.1) is 0 Å². The molecule has 1 heterocycles. The lowest BCUT2D eigenvalue weighted by Crippen LogP contribution is -2.45. The number of hydrogen-bond acceptors (Lipinski definition) is 4. The van der Waals surface area contributed by atoms with Gasteiger partial charge in [-0.3, -0.25) is 4.84 Å². The maximum atomic E-state index is 5.90. The molecule has 0 atom stereocenters. The Morgan fingerprint density at radius 3 is 2.13 bits per heavy atom. The zero-order chi connectivity index (χ0) is 16.5. The van der Waals surface area contributed by atoms with Gasteiger partial charge in [-0.25, -0.2) is 5.06 Å². The van der Waals surface area contributed by atoms with Crippen LogP contribution in [0, 0.1) is 0 Å². The van der Waals surface area contributed by atoms with Gasteiger partial charge in [0.2, 0.25) is 0 Å². The fourth-order valence-electron chi connectivity index (χ4n) is 1.86. The minimum absolute atomic E-state index is 0.222. The molecule has 5 heteroatoms. The van der Waals surface area contributed by atoms with Gasteiger partial charge in [0.25, 0.3) is 5.29 Å². The molecule has 3 rings (SSSR count). The number of benzene rings is 2. The highest BCUT2D eigenvalue weighted by atomic mass is 35.5. The summed E-state index contributed by atoms with van der Waals surface area (Å²) in [5.74, 6) is 0. The molecule has 0 saturated heterocycles. The number of nitrogens with zero attached hydrogens (tertiary/aromatic N) is 2. The number of oxime groups is 1. The normalized spacial score (nSPS) is 15.8. The van der Waals surface area contributed by atoms with E-state index in [1.54, 1.807) is 5.06 Å². The first kappa shape index (κ1) is 17.3. The highest BCUT2D eigenvalue weighted by molar-refractivity contribution is 6.64. The molecule has 0 unspecified atom stereocenters. The van der Waals surface area contributed by atoms with Crippen LogP contribution in [0.4, 0.5) is 0 Å². The number of halogens is 1. The maximum absolute atomic E-state index is 5.90. The molecule has 1 aliphatic heterocycles. The average Bonchev–Trinajstić information content (AvgIpc) is 2.59. The second-order valence-corrected chi connectivity index (χ2v) is 6.00. The van der Waals surface area contributed by atoms with Crippen LogP contribution in [0.15, 0.2) is 71.9 Å². The quantitative estimate of drug-likeness (QED) is 0.780. The van der Waals surface area contributed by atoms with Crippen molar-refractivity contribution in [1.82, 2.24) is 5.06 Å². The van der Waals surface area contributed by atoms with Crippen LogP contribution >= 0.6 is 11.6 Å². The summed E-state index contributed by atoms with van der Waals surface area (Å²) in [6, 6.07) is 21.9. The van der Waals surface area contributed by atoms with Gasteiger partial charge in [0, 0.05) is 0 Å². The molecule has 0 spiro atoms. The van der Waals surface area contributed by atoms with Crippen LogP contribution in [-0.2, 0) is 16.3 Å². The van der Waals surface area contributed by atoms with Crippen LogP contribution in [-0.4, -0.2) is 22.5 Å². The predicted molar refractivity (Wildman–Crippen MR) is 92.8 cm³/mol. The van der Waals surface area contributed by atoms with E-state index in [-0.39, 0.29) is 5.29 Å². The van der Waals surface area contributed by atoms with Crippen molar-refractivity contribution < 1.29 is 9.68 Å². The number of hydroxylamine groups is 2. The molecule has 1 aliphatic rings. The third-order valence-corrected chi connectivity index (χ3v) is 3.25. The van der Waals surface area contributed by atoms with Gasteiger partial charge in [0.1, 0.15) is 6.61 Å². The van der Waals surface area contributed by atoms with Crippen LogP contribution in [0.1, 0.15) is 19.4 Å². The minimum atomic E-state index is -0.394. The molecule has 122 valence electrons. The molecule has 0 N–H and O–H groups in total. The summed E-state index contributed by atoms with van der Waals surface area (Å²) < 4.78 is 0. The molecule has 0 aromatic heterocycles. The third kappa shape index (κ3) is 6.30. The van der Waals surface area contributed by atoms with E-state index in [9.17, 15) is 0 Å². The van der Waals surface area contributed by atoms with Crippen molar-refractivity contribution in [2.75, 3.05) is 6.54 Å². The Morgan fingerprint density at radius 2 is 1.57 bits per heavy atom. The second-order valence-electron chi connectivity index (χ2n) is 5.66. The van der Waals surface area contributed by atoms with Crippen molar-refractivity contribution in [3.63, 3.8) is 0 Å². The standard InChI is InChI=1S/C12H15ClN2O2.C6H6/c1-12(2)9-15(11(13)14-17-12)16-8-10-6-4-3-5-7-10;1-2-4-6-5-3-1/h3-7H,8-9H2,1-2H3;1-6H. The average molecular weight is 333 g/mol. The minimum Gasteiger partial charge on any atom is -0.385 e. The molecule has 2 aromatic rings. The van der Waals surface area contributed by atoms with E-state index in [4.69, 9.17) is 21.3 Å². The molecule has 0 saturated carbocycles. The first-order valence-electron chi connectivity index (χ1n) is 7.43. The Balaban J connectivity index is 0.000000268. The summed E-state index contributed by atoms with van der Waals surface area (Å²) in [4.78, 5) is 10.8. The van der Waals surface area contributed by atoms with Crippen molar-refractivity contribution >= 4 is 16.9 Å². The Labute approximate surface area is 142 Å². The van der Waals surface area contributed by atoms with Crippen LogP contribution in [0.5, 0.6) is 0 Å². The smallest absolute Gasteiger partial charge is 0.260 e. The van der Waals surface area contributed by atoms with E-state index in [1.165, 1.54) is 0 Å². The fourth-order valence-corrected chi connectivity index (χ4v) is 2.00. The van der Waals surface area contributed by atoms with Crippen LogP contribution in [0.25, 0.3) is 0 Å². The van der Waals surface area contributed by atoms with E-state index in [1.807, 2.05) is 80.6 Å². The summed E-state index contributed by atoms with van der Waals surface area (Å²) >= 11 is 5.90. The van der Waals surface area contributed by atoms with Gasteiger partial charge in [0.15, 0.2) is 5.60 Å². The van der Waals surface area contributed by atoms with E-state index in [2.05, 4.69) is 5.16 Å². The molecule has 0 bridgehead atoms. The predicted octanol–water partition coefficient (Wildman–Crippen LogP) is 4.43. The molecule has 0 fully saturated rings. The van der Waals surface area contributed by atoms with Gasteiger partial charge in [-0.1, -0.05) is 71.9 Å². The first-order chi connectivity index (χ1) is 11.1. The Kier molecular flexibility index (Phi) is 6.44. The van der Waals surface area contributed by atoms with Crippen molar-refractivity contribution in [2.45, 2.75) is 26.1 Å². The third-order valence-electron chi connectivity index (χ3n) is 2.99. The van der Waals surface area contributed by atoms with E-state index in [0.717, 1.165) is 5.56 Å². The summed E-state index contributed by atoms with van der Waals surface area (Å²) in [6.45, 7) is 4.86. The summed E-state index contributed by atoms with van der Waals surface area (Å²) in [7, 11) is 0. The lowest BCUT2D eigenvalue weighted by molar-refractivity contribution is -0.171. The number of amidine groups is 1. The van der Waals surface area contributed by atoms with Gasteiger partial charge < -0.3 is 4.84 Å². The molecule has 2 aromatic carbocycles. The van der Waals surface area contributed by atoms with Gasteiger partial charge in [0.05, 0.1) is 6.54 Å². The Bertz CT molecular complexity index is 576. The van der Waals surface area contributed by atoms with Crippen LogP contribution in [0.2, 0.25) is 0 Å². The lowest BCUT2D eigenvalue weighted by Gasteiger charge is -2.33. The molecule has 4 nitrogen and oxygen atoms in total. The zero-order valence-electron chi connectivity index (χ0n) is 13.4. The van der Waals surface area contributed by atoms with E-state index < -0.39 is 5.60 Å². The first-order valence-corrected chi connectivity index (χ1v) is 7.81. The summed E-state index contributed by atoms with van der Waals surface area (Å²) in [5.41, 5.74) is 0.691. The monoisotopic (exact) mass is 332 g/mol. The Morgan fingerprint density at radius 1 is 1.04 bits per heavy atom. The van der Waals surface area contributed by atoms with Gasteiger partial charge in [-0.2, -0.15) is 0 Å². The van der Waals surface area contributed by atoms with Crippen molar-refractivity contribution in [3.8, 4) is 0 Å². The largest absolute Gasteiger partial charge is 0.385 e. The van der Waals surface area contributed by atoms with E-state index in [0.29, 0.717) is 13.2 Å². The molecular weight excluding hydrogens is 312 g/mol. The van der Waals surface area contributed by atoms with Crippen molar-refractivity contribution in [1.29, 1.82) is 0 Å².